The van der Waals surface area contributed by atoms with E-state index in [1.807, 2.05) is 25.1 Å². The summed E-state index contributed by atoms with van der Waals surface area (Å²) in [5.41, 5.74) is 2.35. The number of rotatable bonds is 5. The van der Waals surface area contributed by atoms with Crippen LogP contribution in [0.2, 0.25) is 0 Å². The van der Waals surface area contributed by atoms with Crippen LogP contribution in [0.1, 0.15) is 11.1 Å². The van der Waals surface area contributed by atoms with Crippen molar-refractivity contribution < 1.29 is 9.18 Å². The zero-order valence-corrected chi connectivity index (χ0v) is 14.2. The Bertz CT molecular complexity index is 675. The molecule has 0 saturated carbocycles. The number of halogens is 2. The molecule has 1 amide bonds. The van der Waals surface area contributed by atoms with E-state index in [2.05, 4.69) is 21.2 Å². The van der Waals surface area contributed by atoms with Gasteiger partial charge in [-0.15, -0.1) is 0 Å². The molecule has 0 aromatic heterocycles. The monoisotopic (exact) mass is 364 g/mol. The predicted molar refractivity (Wildman–Crippen MR) is 90.2 cm³/mol. The summed E-state index contributed by atoms with van der Waals surface area (Å²) < 4.78 is 14.6. The van der Waals surface area contributed by atoms with Crippen molar-refractivity contribution in [2.75, 3.05) is 18.9 Å². The Kier molecular flexibility index (Phi) is 5.69. The average Bonchev–Trinajstić information content (AvgIpc) is 2.44. The molecule has 1 N–H and O–H groups in total. The fourth-order valence-corrected chi connectivity index (χ4v) is 2.65. The van der Waals surface area contributed by atoms with Gasteiger partial charge in [0.1, 0.15) is 5.82 Å². The number of nitrogens with one attached hydrogen (secondary N) is 1. The van der Waals surface area contributed by atoms with Crippen molar-refractivity contribution in [3.63, 3.8) is 0 Å². The van der Waals surface area contributed by atoms with Crippen LogP contribution in [0.3, 0.4) is 0 Å². The highest BCUT2D eigenvalue weighted by Gasteiger charge is 2.10. The maximum atomic E-state index is 13.6. The number of likely N-dealkylation sites (N-methyl/N-ethyl adjacent to an activating group) is 1. The molecule has 0 fully saturated rings. The first kappa shape index (κ1) is 16.6. The summed E-state index contributed by atoms with van der Waals surface area (Å²) in [5, 5.41) is 2.87. The Morgan fingerprint density at radius 2 is 2.00 bits per heavy atom. The van der Waals surface area contributed by atoms with Crippen LogP contribution in [-0.2, 0) is 11.3 Å². The van der Waals surface area contributed by atoms with Gasteiger partial charge in [-0.3, -0.25) is 9.69 Å². The number of anilines is 1. The minimum Gasteiger partial charge on any atom is -0.325 e. The molecule has 0 unspecified atom stereocenters. The smallest absolute Gasteiger partial charge is 0.238 e. The molecule has 2 aromatic carbocycles. The first-order valence-electron chi connectivity index (χ1n) is 6.93. The quantitative estimate of drug-likeness (QED) is 0.870. The molecule has 0 atom stereocenters. The molecule has 0 saturated heterocycles. The second-order valence-corrected chi connectivity index (χ2v) is 6.19. The summed E-state index contributed by atoms with van der Waals surface area (Å²) in [7, 11) is 1.79. The normalized spacial score (nSPS) is 10.8. The van der Waals surface area contributed by atoms with E-state index in [0.717, 1.165) is 15.7 Å². The fourth-order valence-electron chi connectivity index (χ4n) is 2.18. The van der Waals surface area contributed by atoms with Crippen LogP contribution in [0.15, 0.2) is 46.9 Å². The predicted octanol–water partition coefficient (Wildman–Crippen LogP) is 3.97. The SMILES string of the molecule is Cc1cc(Br)ccc1NC(=O)CN(C)Cc1ccccc1F. The van der Waals surface area contributed by atoms with Crippen LogP contribution < -0.4 is 5.32 Å². The molecule has 3 nitrogen and oxygen atoms in total. The third-order valence-corrected chi connectivity index (χ3v) is 3.77. The van der Waals surface area contributed by atoms with Gasteiger partial charge < -0.3 is 5.32 Å². The molecule has 0 radical (unpaired) electrons. The molecule has 0 aliphatic rings. The Hall–Kier alpha value is -1.72. The van der Waals surface area contributed by atoms with Gasteiger partial charge in [0, 0.05) is 22.3 Å². The lowest BCUT2D eigenvalue weighted by Gasteiger charge is -2.17. The number of carbonyl (C=O) groups excluding carboxylic acids is 1. The van der Waals surface area contributed by atoms with Crippen molar-refractivity contribution in [3.05, 3.63) is 63.9 Å². The van der Waals surface area contributed by atoms with Crippen molar-refractivity contribution in [2.45, 2.75) is 13.5 Å². The molecule has 116 valence electrons. The van der Waals surface area contributed by atoms with Gasteiger partial charge >= 0.3 is 0 Å². The molecule has 0 aliphatic heterocycles. The lowest BCUT2D eigenvalue weighted by atomic mass is 10.2. The fraction of sp³-hybridized carbons (Fsp3) is 0.235. The second kappa shape index (κ2) is 7.51. The van der Waals surface area contributed by atoms with Gasteiger partial charge in [0.05, 0.1) is 6.54 Å². The highest BCUT2D eigenvalue weighted by Crippen LogP contribution is 2.20. The third-order valence-electron chi connectivity index (χ3n) is 3.27. The van der Waals surface area contributed by atoms with E-state index in [1.165, 1.54) is 6.07 Å². The summed E-state index contributed by atoms with van der Waals surface area (Å²) in [6, 6.07) is 12.3. The molecular formula is C17H18BrFN2O. The number of nitrogens with zero attached hydrogens (tertiary/aromatic N) is 1. The largest absolute Gasteiger partial charge is 0.325 e. The Morgan fingerprint density at radius 1 is 1.27 bits per heavy atom. The Labute approximate surface area is 138 Å². The number of carbonyl (C=O) groups is 1. The summed E-state index contributed by atoms with van der Waals surface area (Å²) >= 11 is 3.39. The molecule has 0 aliphatic carbocycles. The molecular weight excluding hydrogens is 347 g/mol. The van der Waals surface area contributed by atoms with Crippen LogP contribution in [-0.4, -0.2) is 24.4 Å². The Morgan fingerprint density at radius 3 is 2.68 bits per heavy atom. The van der Waals surface area contributed by atoms with Crippen LogP contribution in [0, 0.1) is 12.7 Å². The van der Waals surface area contributed by atoms with E-state index in [1.54, 1.807) is 30.1 Å². The molecule has 0 bridgehead atoms. The van der Waals surface area contributed by atoms with E-state index < -0.39 is 0 Å². The second-order valence-electron chi connectivity index (χ2n) is 5.27. The van der Waals surface area contributed by atoms with Crippen molar-refractivity contribution in [3.8, 4) is 0 Å². The van der Waals surface area contributed by atoms with Gasteiger partial charge in [0.25, 0.3) is 0 Å². The van der Waals surface area contributed by atoms with Crippen LogP contribution in [0.4, 0.5) is 10.1 Å². The van der Waals surface area contributed by atoms with E-state index in [0.29, 0.717) is 12.1 Å². The average molecular weight is 365 g/mol. The van der Waals surface area contributed by atoms with Gasteiger partial charge in [-0.25, -0.2) is 4.39 Å². The summed E-state index contributed by atoms with van der Waals surface area (Å²) in [4.78, 5) is 13.9. The Balaban J connectivity index is 1.93. The molecule has 0 spiro atoms. The van der Waals surface area contributed by atoms with Crippen LogP contribution in [0.5, 0.6) is 0 Å². The maximum absolute atomic E-state index is 13.6. The highest BCUT2D eigenvalue weighted by atomic mass is 79.9. The van der Waals surface area contributed by atoms with Gasteiger partial charge in [-0.1, -0.05) is 34.1 Å². The first-order valence-corrected chi connectivity index (χ1v) is 7.73. The van der Waals surface area contributed by atoms with Gasteiger partial charge in [0.15, 0.2) is 0 Å². The van der Waals surface area contributed by atoms with Crippen molar-refractivity contribution in [1.29, 1.82) is 0 Å². The third kappa shape index (κ3) is 4.64. The minimum atomic E-state index is -0.251. The first-order chi connectivity index (χ1) is 10.5. The van der Waals surface area contributed by atoms with Gasteiger partial charge in [-0.2, -0.15) is 0 Å². The van der Waals surface area contributed by atoms with Gasteiger partial charge in [0.2, 0.25) is 5.91 Å². The van der Waals surface area contributed by atoms with E-state index in [-0.39, 0.29) is 18.3 Å². The van der Waals surface area contributed by atoms with E-state index in [9.17, 15) is 9.18 Å². The topological polar surface area (TPSA) is 32.3 Å². The van der Waals surface area contributed by atoms with Gasteiger partial charge in [-0.05, 0) is 43.8 Å². The minimum absolute atomic E-state index is 0.121. The zero-order valence-electron chi connectivity index (χ0n) is 12.6. The molecule has 2 aromatic rings. The maximum Gasteiger partial charge on any atom is 0.238 e. The number of amides is 1. The molecule has 5 heteroatoms. The lowest BCUT2D eigenvalue weighted by Crippen LogP contribution is -2.30. The van der Waals surface area contributed by atoms with Crippen molar-refractivity contribution in [2.24, 2.45) is 0 Å². The van der Waals surface area contributed by atoms with Crippen molar-refractivity contribution >= 4 is 27.5 Å². The van der Waals surface area contributed by atoms with Crippen LogP contribution in [0.25, 0.3) is 0 Å². The summed E-state index contributed by atoms with van der Waals surface area (Å²) in [5.74, 6) is -0.372. The van der Waals surface area contributed by atoms with Crippen LogP contribution >= 0.6 is 15.9 Å². The highest BCUT2D eigenvalue weighted by molar-refractivity contribution is 9.10. The lowest BCUT2D eigenvalue weighted by molar-refractivity contribution is -0.117. The molecule has 2 rings (SSSR count). The summed E-state index contributed by atoms with van der Waals surface area (Å²) in [6.45, 7) is 2.52. The molecule has 22 heavy (non-hydrogen) atoms. The zero-order chi connectivity index (χ0) is 16.1. The number of hydrogen-bond donors (Lipinski definition) is 1. The van der Waals surface area contributed by atoms with E-state index in [4.69, 9.17) is 0 Å². The van der Waals surface area contributed by atoms with Crippen molar-refractivity contribution in [1.82, 2.24) is 4.90 Å². The standard InChI is InChI=1S/C17H18BrFN2O/c1-12-9-14(18)7-8-16(12)20-17(22)11-21(2)10-13-5-3-4-6-15(13)19/h3-9H,10-11H2,1-2H3,(H,20,22). The number of benzene rings is 2. The summed E-state index contributed by atoms with van der Waals surface area (Å²) in [6.07, 6.45) is 0. The number of hydrogen-bond acceptors (Lipinski definition) is 2. The number of aryl methyl sites for hydroxylation is 1. The molecule has 0 heterocycles. The van der Waals surface area contributed by atoms with E-state index >= 15 is 0 Å².